The van der Waals surface area contributed by atoms with Gasteiger partial charge in [0.05, 0.1) is 0 Å². The molecular weight excluding hydrogens is 234 g/mol. The number of anilines is 1. The molecule has 1 fully saturated rings. The number of rotatable bonds is 4. The first kappa shape index (κ1) is 14.3. The average molecular weight is 261 g/mol. The fourth-order valence-corrected chi connectivity index (χ4v) is 3.12. The van der Waals surface area contributed by atoms with Gasteiger partial charge in [-0.1, -0.05) is 26.7 Å². The molecule has 0 amide bonds. The number of nitrogens with one attached hydrogen (secondary N) is 1. The lowest BCUT2D eigenvalue weighted by Crippen LogP contribution is -2.17. The predicted octanol–water partition coefficient (Wildman–Crippen LogP) is 4.07. The molecule has 1 aliphatic rings. The fourth-order valence-electron chi connectivity index (χ4n) is 3.12. The van der Waals surface area contributed by atoms with Crippen LogP contribution in [-0.4, -0.2) is 16.5 Å². The molecule has 0 radical (unpaired) electrons. The standard InChI is InChI=1S/C16H27N3/c1-5-14-12(4)15(17-6-2)19-16(18-14)13-9-7-8-11(3)10-13/h11,13H,5-10H2,1-4H3,(H,17,18,19). The van der Waals surface area contributed by atoms with Crippen molar-refractivity contribution in [3.63, 3.8) is 0 Å². The normalized spacial score (nSPS) is 23.4. The third kappa shape index (κ3) is 3.26. The molecule has 0 aromatic carbocycles. The number of nitrogens with zero attached hydrogens (tertiary/aromatic N) is 2. The van der Waals surface area contributed by atoms with E-state index < -0.39 is 0 Å². The Morgan fingerprint density at radius 3 is 2.63 bits per heavy atom. The monoisotopic (exact) mass is 261 g/mol. The molecule has 0 spiro atoms. The molecule has 106 valence electrons. The van der Waals surface area contributed by atoms with Crippen molar-refractivity contribution in [1.82, 2.24) is 9.97 Å². The second kappa shape index (κ2) is 6.36. The Morgan fingerprint density at radius 1 is 1.21 bits per heavy atom. The lowest BCUT2D eigenvalue weighted by molar-refractivity contribution is 0.335. The minimum absolute atomic E-state index is 0.562. The zero-order valence-corrected chi connectivity index (χ0v) is 12.8. The highest BCUT2D eigenvalue weighted by molar-refractivity contribution is 5.46. The van der Waals surface area contributed by atoms with E-state index in [1.54, 1.807) is 0 Å². The lowest BCUT2D eigenvalue weighted by atomic mass is 9.82. The molecule has 0 aliphatic heterocycles. The van der Waals surface area contributed by atoms with Crippen LogP contribution in [0.1, 0.15) is 69.5 Å². The highest BCUT2D eigenvalue weighted by Gasteiger charge is 2.24. The van der Waals surface area contributed by atoms with Crippen molar-refractivity contribution in [2.45, 2.75) is 65.7 Å². The summed E-state index contributed by atoms with van der Waals surface area (Å²) in [4.78, 5) is 9.65. The maximum absolute atomic E-state index is 4.84. The van der Waals surface area contributed by atoms with Gasteiger partial charge in [0.2, 0.25) is 0 Å². The maximum atomic E-state index is 4.84. The van der Waals surface area contributed by atoms with Crippen molar-refractivity contribution in [3.8, 4) is 0 Å². The lowest BCUT2D eigenvalue weighted by Gasteiger charge is -2.26. The van der Waals surface area contributed by atoms with Crippen molar-refractivity contribution in [3.05, 3.63) is 17.1 Å². The average Bonchev–Trinajstić information content (AvgIpc) is 2.41. The van der Waals surface area contributed by atoms with Crippen LogP contribution in [0.2, 0.25) is 0 Å². The van der Waals surface area contributed by atoms with Crippen molar-refractivity contribution < 1.29 is 0 Å². The third-order valence-corrected chi connectivity index (χ3v) is 4.24. The molecular formula is C16H27N3. The molecule has 1 saturated carbocycles. The summed E-state index contributed by atoms with van der Waals surface area (Å²) in [7, 11) is 0. The second-order valence-corrected chi connectivity index (χ2v) is 5.85. The molecule has 0 saturated heterocycles. The van der Waals surface area contributed by atoms with Crippen LogP contribution in [0.25, 0.3) is 0 Å². The van der Waals surface area contributed by atoms with Gasteiger partial charge in [0.25, 0.3) is 0 Å². The molecule has 1 aromatic rings. The third-order valence-electron chi connectivity index (χ3n) is 4.24. The molecule has 1 aliphatic carbocycles. The summed E-state index contributed by atoms with van der Waals surface area (Å²) in [5.74, 6) is 3.50. The van der Waals surface area contributed by atoms with Crippen LogP contribution >= 0.6 is 0 Å². The summed E-state index contributed by atoms with van der Waals surface area (Å²) in [5.41, 5.74) is 2.43. The first-order valence-electron chi connectivity index (χ1n) is 7.76. The summed E-state index contributed by atoms with van der Waals surface area (Å²) < 4.78 is 0. The van der Waals surface area contributed by atoms with E-state index in [-0.39, 0.29) is 0 Å². The second-order valence-electron chi connectivity index (χ2n) is 5.85. The van der Waals surface area contributed by atoms with E-state index in [0.29, 0.717) is 5.92 Å². The fraction of sp³-hybridized carbons (Fsp3) is 0.750. The van der Waals surface area contributed by atoms with Gasteiger partial charge in [0.1, 0.15) is 11.6 Å². The van der Waals surface area contributed by atoms with Crippen molar-refractivity contribution in [1.29, 1.82) is 0 Å². The van der Waals surface area contributed by atoms with Crippen LogP contribution in [-0.2, 0) is 6.42 Å². The van der Waals surface area contributed by atoms with Gasteiger partial charge in [-0.25, -0.2) is 9.97 Å². The topological polar surface area (TPSA) is 37.8 Å². The highest BCUT2D eigenvalue weighted by Crippen LogP contribution is 2.35. The van der Waals surface area contributed by atoms with Crippen LogP contribution < -0.4 is 5.32 Å². The molecule has 1 heterocycles. The van der Waals surface area contributed by atoms with Crippen LogP contribution in [0.4, 0.5) is 5.82 Å². The quantitative estimate of drug-likeness (QED) is 0.887. The Labute approximate surface area is 117 Å². The van der Waals surface area contributed by atoms with Crippen molar-refractivity contribution >= 4 is 5.82 Å². The van der Waals surface area contributed by atoms with Gasteiger partial charge in [0.15, 0.2) is 0 Å². The zero-order valence-electron chi connectivity index (χ0n) is 12.8. The highest BCUT2D eigenvalue weighted by atomic mass is 15.0. The van der Waals surface area contributed by atoms with E-state index in [0.717, 1.165) is 30.5 Å². The van der Waals surface area contributed by atoms with Crippen LogP contribution in [0.15, 0.2) is 0 Å². The smallest absolute Gasteiger partial charge is 0.134 e. The molecule has 1 N–H and O–H groups in total. The van der Waals surface area contributed by atoms with E-state index >= 15 is 0 Å². The van der Waals surface area contributed by atoms with Crippen LogP contribution in [0, 0.1) is 12.8 Å². The van der Waals surface area contributed by atoms with Crippen LogP contribution in [0.5, 0.6) is 0 Å². The largest absolute Gasteiger partial charge is 0.370 e. The summed E-state index contributed by atoms with van der Waals surface area (Å²) in [6, 6.07) is 0. The zero-order chi connectivity index (χ0) is 13.8. The van der Waals surface area contributed by atoms with E-state index in [2.05, 4.69) is 33.0 Å². The van der Waals surface area contributed by atoms with Gasteiger partial charge in [-0.15, -0.1) is 0 Å². The van der Waals surface area contributed by atoms with Gasteiger partial charge in [-0.3, -0.25) is 0 Å². The van der Waals surface area contributed by atoms with Crippen molar-refractivity contribution in [2.75, 3.05) is 11.9 Å². The first-order valence-corrected chi connectivity index (χ1v) is 7.76. The van der Waals surface area contributed by atoms with Crippen molar-refractivity contribution in [2.24, 2.45) is 5.92 Å². The number of aromatic nitrogens is 2. The summed E-state index contributed by atoms with van der Waals surface area (Å²) in [6.07, 6.45) is 6.17. The Morgan fingerprint density at radius 2 is 2.00 bits per heavy atom. The van der Waals surface area contributed by atoms with Gasteiger partial charge < -0.3 is 5.32 Å². The predicted molar refractivity (Wildman–Crippen MR) is 80.7 cm³/mol. The Balaban J connectivity index is 2.31. The van der Waals surface area contributed by atoms with E-state index in [9.17, 15) is 0 Å². The summed E-state index contributed by atoms with van der Waals surface area (Å²) in [6.45, 7) is 9.70. The van der Waals surface area contributed by atoms with E-state index in [4.69, 9.17) is 9.97 Å². The Hall–Kier alpha value is -1.12. The number of hydrogen-bond donors (Lipinski definition) is 1. The SMILES string of the molecule is CCNc1nc(C2CCCC(C)C2)nc(CC)c1C. The van der Waals surface area contributed by atoms with Gasteiger partial charge >= 0.3 is 0 Å². The minimum atomic E-state index is 0.562. The van der Waals surface area contributed by atoms with Crippen LogP contribution in [0.3, 0.4) is 0 Å². The van der Waals surface area contributed by atoms with Gasteiger partial charge in [0, 0.05) is 23.7 Å². The maximum Gasteiger partial charge on any atom is 0.134 e. The van der Waals surface area contributed by atoms with E-state index in [1.165, 1.54) is 36.9 Å². The van der Waals surface area contributed by atoms with E-state index in [1.807, 2.05) is 0 Å². The summed E-state index contributed by atoms with van der Waals surface area (Å²) in [5, 5.41) is 3.39. The molecule has 2 atom stereocenters. The molecule has 3 heteroatoms. The summed E-state index contributed by atoms with van der Waals surface area (Å²) >= 11 is 0. The van der Waals surface area contributed by atoms with Gasteiger partial charge in [-0.2, -0.15) is 0 Å². The molecule has 0 bridgehead atoms. The van der Waals surface area contributed by atoms with Gasteiger partial charge in [-0.05, 0) is 39.0 Å². The molecule has 3 nitrogen and oxygen atoms in total. The minimum Gasteiger partial charge on any atom is -0.370 e. The molecule has 2 unspecified atom stereocenters. The Bertz CT molecular complexity index is 428. The first-order chi connectivity index (χ1) is 9.15. The molecule has 19 heavy (non-hydrogen) atoms. The molecule has 2 rings (SSSR count). The molecule has 1 aromatic heterocycles. The number of aryl methyl sites for hydroxylation is 1. The Kier molecular flexibility index (Phi) is 4.78. The number of hydrogen-bond acceptors (Lipinski definition) is 3.